The highest BCUT2D eigenvalue weighted by atomic mass is 19.1. The number of hydrogen-bond donors (Lipinski definition) is 1. The van der Waals surface area contributed by atoms with Crippen molar-refractivity contribution in [2.24, 2.45) is 0 Å². The number of nitrogens with zero attached hydrogens (tertiary/aromatic N) is 1. The van der Waals surface area contributed by atoms with Gasteiger partial charge in [0.2, 0.25) is 0 Å². The van der Waals surface area contributed by atoms with Crippen molar-refractivity contribution >= 4 is 5.97 Å². The summed E-state index contributed by atoms with van der Waals surface area (Å²) in [5.41, 5.74) is 1.50. The second kappa shape index (κ2) is 10.5. The van der Waals surface area contributed by atoms with Crippen molar-refractivity contribution in [1.82, 2.24) is 4.90 Å². The van der Waals surface area contributed by atoms with E-state index in [1.165, 1.54) is 26.0 Å². The van der Waals surface area contributed by atoms with Crippen LogP contribution in [0.2, 0.25) is 0 Å². The van der Waals surface area contributed by atoms with Crippen LogP contribution in [0.3, 0.4) is 0 Å². The summed E-state index contributed by atoms with van der Waals surface area (Å²) in [6, 6.07) is 13.8. The number of rotatable bonds is 11. The lowest BCUT2D eigenvalue weighted by atomic mass is 10.0. The molecule has 0 fully saturated rings. The molecule has 0 bridgehead atoms. The number of halogens is 1. The van der Waals surface area contributed by atoms with Crippen molar-refractivity contribution in [3.8, 4) is 11.5 Å². The van der Waals surface area contributed by atoms with Crippen molar-refractivity contribution in [2.45, 2.75) is 46.4 Å². The Hall–Kier alpha value is -3.32. The lowest BCUT2D eigenvalue weighted by molar-refractivity contribution is -0.152. The summed E-state index contributed by atoms with van der Waals surface area (Å²) in [7, 11) is 0. The van der Waals surface area contributed by atoms with Gasteiger partial charge in [-0.1, -0.05) is 12.1 Å². The van der Waals surface area contributed by atoms with E-state index < -0.39 is 11.6 Å². The van der Waals surface area contributed by atoms with Gasteiger partial charge >= 0.3 is 5.97 Å². The highest BCUT2D eigenvalue weighted by molar-refractivity contribution is 5.77. The Bertz CT molecular complexity index is 1040. The monoisotopic (exact) mass is 455 g/mol. The van der Waals surface area contributed by atoms with Gasteiger partial charge in [-0.15, -0.1) is 0 Å². The molecule has 0 aliphatic carbocycles. The fraction of sp³-hybridized carbons (Fsp3) is 0.346. The molecule has 7 heteroatoms. The average molecular weight is 456 g/mol. The van der Waals surface area contributed by atoms with E-state index in [4.69, 9.17) is 13.9 Å². The van der Waals surface area contributed by atoms with Crippen LogP contribution in [0.25, 0.3) is 0 Å². The summed E-state index contributed by atoms with van der Waals surface area (Å²) in [6.07, 6.45) is 1.65. The largest absolute Gasteiger partial charge is 0.492 e. The lowest BCUT2D eigenvalue weighted by Gasteiger charge is -2.26. The first-order chi connectivity index (χ1) is 15.6. The molecule has 0 amide bonds. The second-order valence-corrected chi connectivity index (χ2v) is 8.57. The normalized spacial score (nSPS) is 11.6. The fourth-order valence-electron chi connectivity index (χ4n) is 3.51. The number of carboxylic acids is 1. The highest BCUT2D eigenvalue weighted by Gasteiger charge is 2.30. The standard InChI is InChI=1S/C26H30FNO5/c1-18-14-20(15-19(2)24(18)33-26(3,4)25(29)30)16-28(17-23-6-5-12-31-23)11-13-32-22-9-7-21(27)8-10-22/h5-10,12,14-15H,11,13,16-17H2,1-4H3,(H,29,30). The molecule has 1 aromatic heterocycles. The average Bonchev–Trinajstić information content (AvgIpc) is 3.25. The third kappa shape index (κ3) is 6.83. The first kappa shape index (κ1) is 24.3. The van der Waals surface area contributed by atoms with Crippen LogP contribution < -0.4 is 9.47 Å². The van der Waals surface area contributed by atoms with Gasteiger partial charge in [0, 0.05) is 13.1 Å². The zero-order valence-electron chi connectivity index (χ0n) is 19.4. The van der Waals surface area contributed by atoms with E-state index in [0.717, 1.165) is 22.5 Å². The lowest BCUT2D eigenvalue weighted by Crippen LogP contribution is -2.38. The van der Waals surface area contributed by atoms with E-state index >= 15 is 0 Å². The van der Waals surface area contributed by atoms with Crippen LogP contribution in [-0.2, 0) is 17.9 Å². The number of hydrogen-bond acceptors (Lipinski definition) is 5. The molecule has 6 nitrogen and oxygen atoms in total. The van der Waals surface area contributed by atoms with Crippen LogP contribution in [0.5, 0.6) is 11.5 Å². The number of ether oxygens (including phenoxy) is 2. The predicted molar refractivity (Wildman–Crippen MR) is 123 cm³/mol. The maximum Gasteiger partial charge on any atom is 0.347 e. The van der Waals surface area contributed by atoms with Crippen LogP contribution in [0.15, 0.2) is 59.2 Å². The van der Waals surface area contributed by atoms with E-state index in [1.54, 1.807) is 18.4 Å². The van der Waals surface area contributed by atoms with E-state index in [2.05, 4.69) is 4.90 Å². The molecule has 3 aromatic rings. The number of carbonyl (C=O) groups is 1. The summed E-state index contributed by atoms with van der Waals surface area (Å²) in [6.45, 7) is 9.19. The third-order valence-electron chi connectivity index (χ3n) is 5.25. The minimum absolute atomic E-state index is 0.299. The van der Waals surface area contributed by atoms with Crippen LogP contribution in [0, 0.1) is 19.7 Å². The molecular weight excluding hydrogens is 425 g/mol. The fourth-order valence-corrected chi connectivity index (χ4v) is 3.51. The smallest absolute Gasteiger partial charge is 0.347 e. The summed E-state index contributed by atoms with van der Waals surface area (Å²) < 4.78 is 30.2. The van der Waals surface area contributed by atoms with Gasteiger partial charge in [-0.3, -0.25) is 4.90 Å². The molecule has 0 radical (unpaired) electrons. The number of carboxylic acid groups (broad SMARTS) is 1. The van der Waals surface area contributed by atoms with E-state index in [-0.39, 0.29) is 5.82 Å². The Morgan fingerprint density at radius 2 is 1.76 bits per heavy atom. The van der Waals surface area contributed by atoms with Crippen molar-refractivity contribution in [2.75, 3.05) is 13.2 Å². The zero-order chi connectivity index (χ0) is 24.0. The van der Waals surface area contributed by atoms with Gasteiger partial charge in [0.05, 0.1) is 12.8 Å². The van der Waals surface area contributed by atoms with Gasteiger partial charge in [0.1, 0.15) is 29.7 Å². The van der Waals surface area contributed by atoms with Gasteiger partial charge < -0.3 is 19.0 Å². The van der Waals surface area contributed by atoms with Crippen LogP contribution in [0.1, 0.15) is 36.3 Å². The van der Waals surface area contributed by atoms with Gasteiger partial charge in [-0.25, -0.2) is 9.18 Å². The highest BCUT2D eigenvalue weighted by Crippen LogP contribution is 2.29. The van der Waals surface area contributed by atoms with Crippen LogP contribution >= 0.6 is 0 Å². The number of aryl methyl sites for hydroxylation is 2. The van der Waals surface area contributed by atoms with E-state index in [9.17, 15) is 14.3 Å². The molecule has 0 aliphatic rings. The Labute approximate surface area is 193 Å². The number of furan rings is 1. The Morgan fingerprint density at radius 3 is 2.33 bits per heavy atom. The van der Waals surface area contributed by atoms with Gasteiger partial charge in [-0.2, -0.15) is 0 Å². The Kier molecular flexibility index (Phi) is 7.76. The van der Waals surface area contributed by atoms with Gasteiger partial charge in [0.15, 0.2) is 5.60 Å². The molecule has 0 saturated heterocycles. The Morgan fingerprint density at radius 1 is 1.09 bits per heavy atom. The summed E-state index contributed by atoms with van der Waals surface area (Å²) in [5.74, 6) is 0.725. The molecule has 1 N–H and O–H groups in total. The number of benzene rings is 2. The summed E-state index contributed by atoms with van der Waals surface area (Å²) in [5, 5.41) is 9.39. The minimum atomic E-state index is -1.32. The van der Waals surface area contributed by atoms with Crippen LogP contribution in [-0.4, -0.2) is 34.7 Å². The van der Waals surface area contributed by atoms with Crippen molar-refractivity contribution in [1.29, 1.82) is 0 Å². The summed E-state index contributed by atoms with van der Waals surface area (Å²) >= 11 is 0. The van der Waals surface area contributed by atoms with E-state index in [1.807, 2.05) is 38.1 Å². The molecule has 33 heavy (non-hydrogen) atoms. The van der Waals surface area contributed by atoms with Crippen molar-refractivity contribution < 1.29 is 28.2 Å². The maximum atomic E-state index is 13.1. The molecule has 0 spiro atoms. The molecule has 0 unspecified atom stereocenters. The molecule has 3 rings (SSSR count). The molecule has 0 saturated carbocycles. The molecule has 0 atom stereocenters. The SMILES string of the molecule is Cc1cc(CN(CCOc2ccc(F)cc2)Cc2ccco2)cc(C)c1OC(C)(C)C(=O)O. The van der Waals surface area contributed by atoms with Crippen LogP contribution in [0.4, 0.5) is 4.39 Å². The Balaban J connectivity index is 1.71. The molecule has 2 aromatic carbocycles. The first-order valence-corrected chi connectivity index (χ1v) is 10.8. The summed E-state index contributed by atoms with van der Waals surface area (Å²) in [4.78, 5) is 13.7. The predicted octanol–water partition coefficient (Wildman–Crippen LogP) is 5.36. The topological polar surface area (TPSA) is 72.1 Å². The van der Waals surface area contributed by atoms with Gasteiger partial charge in [-0.05, 0) is 80.8 Å². The second-order valence-electron chi connectivity index (χ2n) is 8.57. The molecular formula is C26H30FNO5. The van der Waals surface area contributed by atoms with Gasteiger partial charge in [0.25, 0.3) is 0 Å². The molecule has 1 heterocycles. The zero-order valence-corrected chi connectivity index (χ0v) is 19.4. The minimum Gasteiger partial charge on any atom is -0.492 e. The van der Waals surface area contributed by atoms with E-state index in [0.29, 0.717) is 37.7 Å². The first-order valence-electron chi connectivity index (χ1n) is 10.8. The van der Waals surface area contributed by atoms with Crippen molar-refractivity contribution in [3.05, 3.63) is 83.1 Å². The maximum absolute atomic E-state index is 13.1. The van der Waals surface area contributed by atoms with Crippen molar-refractivity contribution in [3.63, 3.8) is 0 Å². The molecule has 176 valence electrons. The quantitative estimate of drug-likeness (QED) is 0.420. The number of aliphatic carboxylic acids is 1. The molecule has 0 aliphatic heterocycles. The third-order valence-corrected chi connectivity index (χ3v) is 5.25.